The largest absolute Gasteiger partial charge is 0.491 e. The van der Waals surface area contributed by atoms with Crippen molar-refractivity contribution in [3.05, 3.63) is 29.8 Å². The average molecular weight is 343 g/mol. The van der Waals surface area contributed by atoms with Crippen molar-refractivity contribution in [2.24, 2.45) is 5.92 Å². The molecule has 2 rings (SSSR count). The van der Waals surface area contributed by atoms with Gasteiger partial charge in [-0.2, -0.15) is 0 Å². The lowest BCUT2D eigenvalue weighted by Gasteiger charge is -2.14. The van der Waals surface area contributed by atoms with Crippen LogP contribution in [0.5, 0.6) is 5.75 Å². The third-order valence-electron chi connectivity index (χ3n) is 3.91. The number of rotatable bonds is 8. The number of ether oxygens (including phenoxy) is 1. The number of nitrogens with one attached hydrogen (secondary N) is 2. The van der Waals surface area contributed by atoms with E-state index in [1.165, 1.54) is 0 Å². The summed E-state index contributed by atoms with van der Waals surface area (Å²) in [6.45, 7) is 4.47. The minimum Gasteiger partial charge on any atom is -0.491 e. The number of hydrogen-bond acceptors (Lipinski definition) is 4. The van der Waals surface area contributed by atoms with Gasteiger partial charge in [-0.1, -0.05) is 12.1 Å². The zero-order valence-electron chi connectivity index (χ0n) is 13.6. The Kier molecular flexibility index (Phi) is 8.99. The van der Waals surface area contributed by atoms with Crippen molar-refractivity contribution in [1.29, 1.82) is 0 Å². The highest BCUT2D eigenvalue weighted by molar-refractivity contribution is 5.85. The fourth-order valence-electron chi connectivity index (χ4n) is 2.57. The first-order chi connectivity index (χ1) is 10.6. The van der Waals surface area contributed by atoms with Gasteiger partial charge in [-0.05, 0) is 56.5 Å². The Morgan fingerprint density at radius 1 is 1.52 bits per heavy atom. The molecule has 0 aliphatic carbocycles. The molecule has 1 heterocycles. The van der Waals surface area contributed by atoms with Crippen LogP contribution in [-0.4, -0.2) is 43.4 Å². The summed E-state index contributed by atoms with van der Waals surface area (Å²) < 4.78 is 5.51. The second-order valence-electron chi connectivity index (χ2n) is 5.98. The Bertz CT molecular complexity index is 479. The molecule has 1 aromatic rings. The molecule has 1 aromatic carbocycles. The van der Waals surface area contributed by atoms with E-state index in [9.17, 15) is 9.90 Å². The van der Waals surface area contributed by atoms with E-state index in [1.807, 2.05) is 31.2 Å². The van der Waals surface area contributed by atoms with Gasteiger partial charge in [0.05, 0.1) is 0 Å². The molecule has 6 heteroatoms. The molecule has 2 unspecified atom stereocenters. The molecule has 2 atom stereocenters. The minimum atomic E-state index is -0.697. The van der Waals surface area contributed by atoms with Gasteiger partial charge in [0.2, 0.25) is 5.91 Å². The van der Waals surface area contributed by atoms with Crippen molar-refractivity contribution in [2.75, 3.05) is 26.2 Å². The summed E-state index contributed by atoms with van der Waals surface area (Å²) in [7, 11) is 0. The normalized spacial score (nSPS) is 18.1. The van der Waals surface area contributed by atoms with E-state index < -0.39 is 6.10 Å². The van der Waals surface area contributed by atoms with Gasteiger partial charge in [0.15, 0.2) is 0 Å². The maximum atomic E-state index is 11.7. The Hall–Kier alpha value is -1.30. The number of benzene rings is 1. The predicted molar refractivity (Wildman–Crippen MR) is 93.1 cm³/mol. The van der Waals surface area contributed by atoms with Gasteiger partial charge >= 0.3 is 0 Å². The summed E-state index contributed by atoms with van der Waals surface area (Å²) in [6.07, 6.45) is 1.89. The van der Waals surface area contributed by atoms with Crippen LogP contribution in [0.15, 0.2) is 24.3 Å². The third-order valence-corrected chi connectivity index (χ3v) is 3.91. The number of aliphatic hydroxyl groups excluding tert-OH is 1. The quantitative estimate of drug-likeness (QED) is 0.672. The van der Waals surface area contributed by atoms with Crippen molar-refractivity contribution in [1.82, 2.24) is 10.6 Å². The lowest BCUT2D eigenvalue weighted by Crippen LogP contribution is -2.35. The molecule has 0 radical (unpaired) electrons. The molecule has 0 saturated carbocycles. The van der Waals surface area contributed by atoms with Gasteiger partial charge in [-0.25, -0.2) is 0 Å². The van der Waals surface area contributed by atoms with Crippen molar-refractivity contribution >= 4 is 18.3 Å². The van der Waals surface area contributed by atoms with E-state index in [0.717, 1.165) is 37.2 Å². The second kappa shape index (κ2) is 10.5. The van der Waals surface area contributed by atoms with Crippen LogP contribution < -0.4 is 15.4 Å². The maximum absolute atomic E-state index is 11.7. The van der Waals surface area contributed by atoms with Crippen molar-refractivity contribution in [3.8, 4) is 5.75 Å². The van der Waals surface area contributed by atoms with E-state index in [4.69, 9.17) is 4.74 Å². The second-order valence-corrected chi connectivity index (χ2v) is 5.98. The number of hydrogen-bond donors (Lipinski definition) is 3. The van der Waals surface area contributed by atoms with E-state index in [-0.39, 0.29) is 31.5 Å². The van der Waals surface area contributed by atoms with Crippen LogP contribution in [0, 0.1) is 12.8 Å². The highest BCUT2D eigenvalue weighted by Gasteiger charge is 2.16. The Labute approximate surface area is 144 Å². The van der Waals surface area contributed by atoms with Crippen LogP contribution in [0.1, 0.15) is 24.8 Å². The van der Waals surface area contributed by atoms with Crippen molar-refractivity contribution in [2.45, 2.75) is 32.3 Å². The van der Waals surface area contributed by atoms with E-state index in [2.05, 4.69) is 10.6 Å². The van der Waals surface area contributed by atoms with Crippen LogP contribution in [0.3, 0.4) is 0 Å². The number of aliphatic hydroxyl groups is 1. The zero-order valence-corrected chi connectivity index (χ0v) is 14.4. The molecule has 3 N–H and O–H groups in total. The number of amides is 1. The number of halogens is 1. The fourth-order valence-corrected chi connectivity index (χ4v) is 2.57. The summed E-state index contributed by atoms with van der Waals surface area (Å²) in [5, 5.41) is 15.9. The van der Waals surface area contributed by atoms with E-state index in [1.54, 1.807) is 0 Å². The molecule has 130 valence electrons. The van der Waals surface area contributed by atoms with Crippen LogP contribution in [-0.2, 0) is 4.79 Å². The number of carbonyl (C=O) groups is 1. The van der Waals surface area contributed by atoms with Crippen molar-refractivity contribution in [3.63, 3.8) is 0 Å². The average Bonchev–Trinajstić information content (AvgIpc) is 3.02. The number of aryl methyl sites for hydroxylation is 1. The lowest BCUT2D eigenvalue weighted by atomic mass is 10.0. The highest BCUT2D eigenvalue weighted by Crippen LogP contribution is 2.14. The van der Waals surface area contributed by atoms with Gasteiger partial charge in [-0.3, -0.25) is 4.79 Å². The first-order valence-electron chi connectivity index (χ1n) is 7.98. The first-order valence-corrected chi connectivity index (χ1v) is 7.98. The summed E-state index contributed by atoms with van der Waals surface area (Å²) in [5.41, 5.74) is 1.11. The number of carbonyl (C=O) groups excluding carboxylic acids is 1. The molecule has 0 aromatic heterocycles. The molecule has 1 aliphatic heterocycles. The molecule has 23 heavy (non-hydrogen) atoms. The van der Waals surface area contributed by atoms with Gasteiger partial charge in [0, 0.05) is 13.0 Å². The van der Waals surface area contributed by atoms with Crippen LogP contribution in [0.4, 0.5) is 0 Å². The smallest absolute Gasteiger partial charge is 0.220 e. The summed E-state index contributed by atoms with van der Waals surface area (Å²) in [4.78, 5) is 11.7. The fraction of sp³-hybridized carbons (Fsp3) is 0.588. The van der Waals surface area contributed by atoms with E-state index in [0.29, 0.717) is 12.3 Å². The Morgan fingerprint density at radius 2 is 2.35 bits per heavy atom. The SMILES string of the molecule is Cc1cccc(OCC(O)CNC(=O)CCC2CCNC2)c1.Cl. The molecular formula is C17H27ClN2O3. The summed E-state index contributed by atoms with van der Waals surface area (Å²) in [5.74, 6) is 1.35. The third kappa shape index (κ3) is 7.68. The predicted octanol–water partition coefficient (Wildman–Crippen LogP) is 1.66. The van der Waals surface area contributed by atoms with Gasteiger partial charge in [0.25, 0.3) is 0 Å². The Balaban J connectivity index is 0.00000264. The monoisotopic (exact) mass is 342 g/mol. The molecule has 1 saturated heterocycles. The Morgan fingerprint density at radius 3 is 3.04 bits per heavy atom. The minimum absolute atomic E-state index is 0. The first kappa shape index (κ1) is 19.7. The molecule has 1 aliphatic rings. The van der Waals surface area contributed by atoms with Gasteiger partial charge in [0.1, 0.15) is 18.5 Å². The van der Waals surface area contributed by atoms with Gasteiger partial charge in [-0.15, -0.1) is 12.4 Å². The molecule has 1 amide bonds. The summed E-state index contributed by atoms with van der Waals surface area (Å²) >= 11 is 0. The van der Waals surface area contributed by atoms with Crippen LogP contribution in [0.2, 0.25) is 0 Å². The molecule has 0 spiro atoms. The molecule has 1 fully saturated rings. The van der Waals surface area contributed by atoms with Crippen LogP contribution in [0.25, 0.3) is 0 Å². The maximum Gasteiger partial charge on any atom is 0.220 e. The van der Waals surface area contributed by atoms with Gasteiger partial charge < -0.3 is 20.5 Å². The topological polar surface area (TPSA) is 70.6 Å². The molecular weight excluding hydrogens is 316 g/mol. The lowest BCUT2D eigenvalue weighted by molar-refractivity contribution is -0.121. The molecule has 0 bridgehead atoms. The van der Waals surface area contributed by atoms with Crippen LogP contribution >= 0.6 is 12.4 Å². The highest BCUT2D eigenvalue weighted by atomic mass is 35.5. The van der Waals surface area contributed by atoms with Crippen molar-refractivity contribution < 1.29 is 14.6 Å². The zero-order chi connectivity index (χ0) is 15.8. The summed E-state index contributed by atoms with van der Waals surface area (Å²) in [6, 6.07) is 7.68. The standard InChI is InChI=1S/C17H26N2O3.ClH/c1-13-3-2-4-16(9-13)22-12-15(20)11-19-17(21)6-5-14-7-8-18-10-14;/h2-4,9,14-15,18,20H,5-8,10-12H2,1H3,(H,19,21);1H. The van der Waals surface area contributed by atoms with E-state index >= 15 is 0 Å². The molecule has 5 nitrogen and oxygen atoms in total.